The molecule has 3 aromatic rings. The molecular formula is C22H23ClN2O4S. The van der Waals surface area contributed by atoms with Gasteiger partial charge in [0.2, 0.25) is 0 Å². The van der Waals surface area contributed by atoms with Gasteiger partial charge in [-0.3, -0.25) is 9.59 Å². The summed E-state index contributed by atoms with van der Waals surface area (Å²) in [6, 6.07) is 12.3. The molecule has 0 aliphatic carbocycles. The fourth-order valence-electron chi connectivity index (χ4n) is 2.90. The Kier molecular flexibility index (Phi) is 7.65. The van der Waals surface area contributed by atoms with Gasteiger partial charge in [0.05, 0.1) is 29.0 Å². The number of ether oxygens (including phenoxy) is 2. The molecule has 0 bridgehead atoms. The standard InChI is InChI=1S/C22H23ClN2O4S/c1-3-4-5-13-29-16-11-9-15(10-12-16)21(27)24-22-25(14-19(26)28-2)20-17(23)7-6-8-18(20)30-22/h6-12H,3-5,13-14H2,1-2H3. The molecule has 0 spiro atoms. The van der Waals surface area contributed by atoms with Crippen LogP contribution < -0.4 is 9.54 Å². The third-order valence-electron chi connectivity index (χ3n) is 4.48. The average molecular weight is 447 g/mol. The first-order chi connectivity index (χ1) is 14.5. The van der Waals surface area contributed by atoms with Gasteiger partial charge < -0.3 is 14.0 Å². The molecule has 1 aromatic heterocycles. The minimum atomic E-state index is -0.451. The van der Waals surface area contributed by atoms with Gasteiger partial charge in [-0.2, -0.15) is 4.99 Å². The van der Waals surface area contributed by atoms with Crippen molar-refractivity contribution in [2.75, 3.05) is 13.7 Å². The number of halogens is 1. The lowest BCUT2D eigenvalue weighted by molar-refractivity contribution is -0.141. The molecule has 30 heavy (non-hydrogen) atoms. The number of methoxy groups -OCH3 is 1. The molecule has 2 aromatic carbocycles. The van der Waals surface area contributed by atoms with Crippen LogP contribution in [0.2, 0.25) is 5.02 Å². The van der Waals surface area contributed by atoms with Crippen LogP contribution in [0, 0.1) is 0 Å². The van der Waals surface area contributed by atoms with Gasteiger partial charge >= 0.3 is 5.97 Å². The van der Waals surface area contributed by atoms with Gasteiger partial charge in [0.15, 0.2) is 4.80 Å². The highest BCUT2D eigenvalue weighted by molar-refractivity contribution is 7.16. The lowest BCUT2D eigenvalue weighted by Gasteiger charge is -2.06. The molecular weight excluding hydrogens is 424 g/mol. The third-order valence-corrected chi connectivity index (χ3v) is 5.83. The highest BCUT2D eigenvalue weighted by Gasteiger charge is 2.14. The highest BCUT2D eigenvalue weighted by Crippen LogP contribution is 2.25. The van der Waals surface area contributed by atoms with Crippen molar-refractivity contribution >= 4 is 45.0 Å². The summed E-state index contributed by atoms with van der Waals surface area (Å²) in [4.78, 5) is 29.2. The molecule has 0 radical (unpaired) electrons. The summed E-state index contributed by atoms with van der Waals surface area (Å²) in [7, 11) is 1.31. The molecule has 0 saturated carbocycles. The lowest BCUT2D eigenvalue weighted by atomic mass is 10.2. The van der Waals surface area contributed by atoms with Crippen molar-refractivity contribution in [1.82, 2.24) is 4.57 Å². The Bertz CT molecular complexity index is 1100. The zero-order chi connectivity index (χ0) is 21.5. The third kappa shape index (κ3) is 5.29. The Hall–Kier alpha value is -2.64. The van der Waals surface area contributed by atoms with Crippen LogP contribution in [-0.4, -0.2) is 30.2 Å². The molecule has 1 amide bonds. The molecule has 0 unspecified atom stereocenters. The predicted molar refractivity (Wildman–Crippen MR) is 118 cm³/mol. The molecule has 0 saturated heterocycles. The summed E-state index contributed by atoms with van der Waals surface area (Å²) in [5.41, 5.74) is 1.08. The zero-order valence-corrected chi connectivity index (χ0v) is 18.5. The minimum Gasteiger partial charge on any atom is -0.494 e. The van der Waals surface area contributed by atoms with Crippen LogP contribution in [0.15, 0.2) is 47.5 Å². The van der Waals surface area contributed by atoms with Crippen LogP contribution in [0.3, 0.4) is 0 Å². The second-order valence-electron chi connectivity index (χ2n) is 6.63. The van der Waals surface area contributed by atoms with Crippen molar-refractivity contribution in [2.45, 2.75) is 32.7 Å². The molecule has 6 nitrogen and oxygen atoms in total. The van der Waals surface area contributed by atoms with Gasteiger partial charge in [-0.1, -0.05) is 48.8 Å². The van der Waals surface area contributed by atoms with Crippen LogP contribution in [0.5, 0.6) is 5.75 Å². The van der Waals surface area contributed by atoms with E-state index < -0.39 is 11.9 Å². The first-order valence-electron chi connectivity index (χ1n) is 9.70. The van der Waals surface area contributed by atoms with Crippen molar-refractivity contribution in [3.8, 4) is 5.75 Å². The highest BCUT2D eigenvalue weighted by atomic mass is 35.5. The van der Waals surface area contributed by atoms with Crippen LogP contribution in [0.4, 0.5) is 0 Å². The molecule has 3 rings (SSSR count). The number of carbonyl (C=O) groups is 2. The summed E-state index contributed by atoms with van der Waals surface area (Å²) in [5, 5.41) is 0.478. The van der Waals surface area contributed by atoms with E-state index in [1.807, 2.05) is 12.1 Å². The van der Waals surface area contributed by atoms with Gasteiger partial charge in [0, 0.05) is 5.56 Å². The number of amides is 1. The van der Waals surface area contributed by atoms with Gasteiger partial charge in [-0.25, -0.2) is 0 Å². The molecule has 0 aliphatic heterocycles. The van der Waals surface area contributed by atoms with E-state index in [1.165, 1.54) is 18.4 Å². The first-order valence-corrected chi connectivity index (χ1v) is 10.9. The Morgan fingerprint density at radius 1 is 1.13 bits per heavy atom. The summed E-state index contributed by atoms with van der Waals surface area (Å²) < 4.78 is 12.9. The number of fused-ring (bicyclic) bond motifs is 1. The molecule has 0 N–H and O–H groups in total. The zero-order valence-electron chi connectivity index (χ0n) is 16.9. The lowest BCUT2D eigenvalue weighted by Crippen LogP contribution is -2.22. The summed E-state index contributed by atoms with van der Waals surface area (Å²) in [6.45, 7) is 2.71. The fourth-order valence-corrected chi connectivity index (χ4v) is 4.29. The number of hydrogen-bond acceptors (Lipinski definition) is 5. The average Bonchev–Trinajstić information content (AvgIpc) is 3.09. The number of benzene rings is 2. The number of aromatic nitrogens is 1. The van der Waals surface area contributed by atoms with Gasteiger partial charge in [0.1, 0.15) is 12.3 Å². The van der Waals surface area contributed by atoms with Crippen LogP contribution in [0.25, 0.3) is 10.2 Å². The van der Waals surface area contributed by atoms with E-state index in [0.717, 1.165) is 29.7 Å². The number of nitrogens with zero attached hydrogens (tertiary/aromatic N) is 2. The van der Waals surface area contributed by atoms with E-state index in [9.17, 15) is 9.59 Å². The smallest absolute Gasteiger partial charge is 0.325 e. The van der Waals surface area contributed by atoms with Gasteiger partial charge in [0.25, 0.3) is 5.91 Å². The Balaban J connectivity index is 1.88. The first kappa shape index (κ1) is 22.1. The topological polar surface area (TPSA) is 69.9 Å². The number of para-hydroxylation sites is 1. The Morgan fingerprint density at radius 2 is 1.90 bits per heavy atom. The molecule has 1 heterocycles. The number of hydrogen-bond donors (Lipinski definition) is 0. The van der Waals surface area contributed by atoms with Crippen molar-refractivity contribution < 1.29 is 19.1 Å². The van der Waals surface area contributed by atoms with Crippen LogP contribution >= 0.6 is 22.9 Å². The minimum absolute atomic E-state index is 0.0864. The van der Waals surface area contributed by atoms with Crippen molar-refractivity contribution in [2.24, 2.45) is 4.99 Å². The summed E-state index contributed by atoms with van der Waals surface area (Å²) in [6.07, 6.45) is 3.26. The second kappa shape index (κ2) is 10.4. The maximum Gasteiger partial charge on any atom is 0.325 e. The van der Waals surface area contributed by atoms with E-state index in [-0.39, 0.29) is 6.54 Å². The molecule has 0 fully saturated rings. The number of esters is 1. The maximum atomic E-state index is 12.7. The van der Waals surface area contributed by atoms with Crippen molar-refractivity contribution in [3.63, 3.8) is 0 Å². The number of rotatable bonds is 8. The fraction of sp³-hybridized carbons (Fsp3) is 0.318. The van der Waals surface area contributed by atoms with E-state index in [1.54, 1.807) is 34.9 Å². The van der Waals surface area contributed by atoms with E-state index in [0.29, 0.717) is 27.5 Å². The van der Waals surface area contributed by atoms with E-state index >= 15 is 0 Å². The van der Waals surface area contributed by atoms with E-state index in [2.05, 4.69) is 11.9 Å². The Morgan fingerprint density at radius 3 is 2.60 bits per heavy atom. The monoisotopic (exact) mass is 446 g/mol. The van der Waals surface area contributed by atoms with Crippen LogP contribution in [-0.2, 0) is 16.1 Å². The van der Waals surface area contributed by atoms with E-state index in [4.69, 9.17) is 21.1 Å². The molecule has 8 heteroatoms. The predicted octanol–water partition coefficient (Wildman–Crippen LogP) is 4.84. The van der Waals surface area contributed by atoms with Crippen molar-refractivity contribution in [3.05, 3.63) is 57.9 Å². The SMILES string of the molecule is CCCCCOc1ccc(C(=O)N=c2sc3cccc(Cl)c3n2CC(=O)OC)cc1. The maximum absolute atomic E-state index is 12.7. The Labute approximate surface area is 183 Å². The summed E-state index contributed by atoms with van der Waals surface area (Å²) in [5.74, 6) is -0.140. The van der Waals surface area contributed by atoms with Crippen LogP contribution in [0.1, 0.15) is 36.5 Å². The van der Waals surface area contributed by atoms with Crippen molar-refractivity contribution in [1.29, 1.82) is 0 Å². The second-order valence-corrected chi connectivity index (χ2v) is 8.05. The van der Waals surface area contributed by atoms with Gasteiger partial charge in [-0.05, 0) is 42.8 Å². The quantitative estimate of drug-likeness (QED) is 0.366. The molecule has 0 atom stereocenters. The normalized spacial score (nSPS) is 11.6. The largest absolute Gasteiger partial charge is 0.494 e. The number of carbonyl (C=O) groups excluding carboxylic acids is 2. The molecule has 0 aliphatic rings. The number of unbranched alkanes of at least 4 members (excludes halogenated alkanes) is 2. The molecule has 158 valence electrons. The summed E-state index contributed by atoms with van der Waals surface area (Å²) >= 11 is 7.62. The van der Waals surface area contributed by atoms with Gasteiger partial charge in [-0.15, -0.1) is 0 Å². The number of thiazole rings is 1.